The summed E-state index contributed by atoms with van der Waals surface area (Å²) in [6.45, 7) is 6.44. The van der Waals surface area contributed by atoms with E-state index >= 15 is 0 Å². The molecule has 1 aromatic heterocycles. The standard InChI is InChI=1S/C12H20BrNO2S2/c1-5-8-14-11(9-6-7-10(13)17-9)12(2,3)18(4,15)16/h6-7,11,14H,5,8H2,1-4H3. The van der Waals surface area contributed by atoms with E-state index in [1.54, 1.807) is 25.2 Å². The van der Waals surface area contributed by atoms with Crippen LogP contribution in [-0.2, 0) is 9.84 Å². The van der Waals surface area contributed by atoms with Gasteiger partial charge in [0.25, 0.3) is 0 Å². The first kappa shape index (κ1) is 16.1. The lowest BCUT2D eigenvalue weighted by Gasteiger charge is -2.32. The quantitative estimate of drug-likeness (QED) is 0.852. The number of hydrogen-bond acceptors (Lipinski definition) is 4. The molecule has 0 aliphatic heterocycles. The summed E-state index contributed by atoms with van der Waals surface area (Å²) in [5.41, 5.74) is 0. The van der Waals surface area contributed by atoms with Gasteiger partial charge in [0, 0.05) is 11.1 Å². The highest BCUT2D eigenvalue weighted by atomic mass is 79.9. The Balaban J connectivity index is 3.13. The number of halogens is 1. The summed E-state index contributed by atoms with van der Waals surface area (Å²) in [4.78, 5) is 1.05. The maximum Gasteiger partial charge on any atom is 0.154 e. The summed E-state index contributed by atoms with van der Waals surface area (Å²) in [6, 6.07) is 3.76. The molecule has 0 fully saturated rings. The lowest BCUT2D eigenvalue weighted by Crippen LogP contribution is -2.44. The molecule has 104 valence electrons. The molecule has 1 rings (SSSR count). The van der Waals surface area contributed by atoms with E-state index in [-0.39, 0.29) is 6.04 Å². The summed E-state index contributed by atoms with van der Waals surface area (Å²) >= 11 is 5.01. The number of sulfone groups is 1. The molecule has 0 aromatic carbocycles. The highest BCUT2D eigenvalue weighted by Gasteiger charge is 2.40. The van der Waals surface area contributed by atoms with Crippen LogP contribution in [0, 0.1) is 0 Å². The Labute approximate surface area is 122 Å². The molecule has 1 heterocycles. The molecule has 0 saturated carbocycles. The maximum atomic E-state index is 12.0. The van der Waals surface area contributed by atoms with Crippen LogP contribution >= 0.6 is 27.3 Å². The third-order valence-corrected chi connectivity index (χ3v) is 6.96. The largest absolute Gasteiger partial charge is 0.308 e. The molecule has 0 aliphatic rings. The van der Waals surface area contributed by atoms with Gasteiger partial charge >= 0.3 is 0 Å². The van der Waals surface area contributed by atoms with Gasteiger partial charge in [0.15, 0.2) is 9.84 Å². The fourth-order valence-corrected chi connectivity index (χ4v) is 4.07. The van der Waals surface area contributed by atoms with Crippen LogP contribution < -0.4 is 5.32 Å². The zero-order valence-corrected chi connectivity index (χ0v) is 14.4. The first-order chi connectivity index (χ1) is 8.20. The van der Waals surface area contributed by atoms with E-state index in [1.807, 2.05) is 12.1 Å². The van der Waals surface area contributed by atoms with E-state index in [4.69, 9.17) is 0 Å². The van der Waals surface area contributed by atoms with Crippen LogP contribution in [0.3, 0.4) is 0 Å². The second-order valence-corrected chi connectivity index (χ2v) is 10.00. The molecule has 0 radical (unpaired) electrons. The van der Waals surface area contributed by atoms with E-state index in [0.717, 1.165) is 21.6 Å². The van der Waals surface area contributed by atoms with Crippen molar-refractivity contribution in [3.63, 3.8) is 0 Å². The molecule has 3 nitrogen and oxygen atoms in total. The minimum Gasteiger partial charge on any atom is -0.308 e. The Kier molecular flexibility index (Phi) is 5.41. The van der Waals surface area contributed by atoms with Crippen molar-refractivity contribution < 1.29 is 8.42 Å². The van der Waals surface area contributed by atoms with Crippen molar-refractivity contribution in [1.82, 2.24) is 5.32 Å². The fourth-order valence-electron chi connectivity index (χ4n) is 1.68. The zero-order chi connectivity index (χ0) is 14.0. The van der Waals surface area contributed by atoms with Crippen molar-refractivity contribution >= 4 is 37.1 Å². The van der Waals surface area contributed by atoms with E-state index in [1.165, 1.54) is 6.26 Å². The third kappa shape index (κ3) is 3.56. The normalized spacial score (nSPS) is 14.7. The van der Waals surface area contributed by atoms with Crippen molar-refractivity contribution in [2.24, 2.45) is 0 Å². The molecular formula is C12H20BrNO2S2. The minimum absolute atomic E-state index is 0.177. The smallest absolute Gasteiger partial charge is 0.154 e. The Morgan fingerprint density at radius 1 is 1.44 bits per heavy atom. The van der Waals surface area contributed by atoms with Crippen molar-refractivity contribution in [2.45, 2.75) is 38.0 Å². The van der Waals surface area contributed by atoms with Crippen LogP contribution in [0.2, 0.25) is 0 Å². The molecule has 0 saturated heterocycles. The van der Waals surface area contributed by atoms with Crippen molar-refractivity contribution in [1.29, 1.82) is 0 Å². The summed E-state index contributed by atoms with van der Waals surface area (Å²) < 4.78 is 24.2. The highest BCUT2D eigenvalue weighted by Crippen LogP contribution is 2.37. The molecule has 18 heavy (non-hydrogen) atoms. The summed E-state index contributed by atoms with van der Waals surface area (Å²) in [6.07, 6.45) is 2.28. The van der Waals surface area contributed by atoms with E-state index < -0.39 is 14.6 Å². The SMILES string of the molecule is CCCNC(c1ccc(Br)s1)C(C)(C)S(C)(=O)=O. The Bertz CT molecular complexity index is 494. The number of nitrogens with one attached hydrogen (secondary N) is 1. The molecule has 1 N–H and O–H groups in total. The minimum atomic E-state index is -3.14. The Morgan fingerprint density at radius 3 is 2.44 bits per heavy atom. The lowest BCUT2D eigenvalue weighted by molar-refractivity contribution is 0.425. The zero-order valence-electron chi connectivity index (χ0n) is 11.2. The molecule has 0 amide bonds. The molecule has 6 heteroatoms. The van der Waals surface area contributed by atoms with Gasteiger partial charge in [-0.3, -0.25) is 0 Å². The van der Waals surface area contributed by atoms with Gasteiger partial charge in [-0.15, -0.1) is 11.3 Å². The molecule has 0 aliphatic carbocycles. The predicted molar refractivity (Wildman–Crippen MR) is 82.0 cm³/mol. The van der Waals surface area contributed by atoms with E-state index in [9.17, 15) is 8.42 Å². The van der Waals surface area contributed by atoms with Crippen LogP contribution in [0.15, 0.2) is 15.9 Å². The monoisotopic (exact) mass is 353 g/mol. The Morgan fingerprint density at radius 2 is 2.06 bits per heavy atom. The first-order valence-electron chi connectivity index (χ1n) is 5.88. The van der Waals surface area contributed by atoms with Gasteiger partial charge in [0.2, 0.25) is 0 Å². The van der Waals surface area contributed by atoms with Crippen LogP contribution in [0.1, 0.15) is 38.1 Å². The molecular weight excluding hydrogens is 334 g/mol. The third-order valence-electron chi connectivity index (χ3n) is 3.13. The van der Waals surface area contributed by atoms with E-state index in [0.29, 0.717) is 0 Å². The second kappa shape index (κ2) is 6.03. The molecule has 0 bridgehead atoms. The van der Waals surface area contributed by atoms with Crippen LogP contribution in [0.5, 0.6) is 0 Å². The van der Waals surface area contributed by atoms with Gasteiger partial charge in [0.1, 0.15) is 0 Å². The van der Waals surface area contributed by atoms with Crippen molar-refractivity contribution in [3.05, 3.63) is 20.8 Å². The van der Waals surface area contributed by atoms with Gasteiger partial charge in [-0.05, 0) is 54.9 Å². The van der Waals surface area contributed by atoms with Gasteiger partial charge in [-0.25, -0.2) is 8.42 Å². The molecule has 0 spiro atoms. The summed E-state index contributed by atoms with van der Waals surface area (Å²) in [7, 11) is -3.14. The van der Waals surface area contributed by atoms with E-state index in [2.05, 4.69) is 28.2 Å². The Hall–Kier alpha value is 0.0900. The lowest BCUT2D eigenvalue weighted by atomic mass is 10.0. The molecule has 1 unspecified atom stereocenters. The number of rotatable bonds is 6. The van der Waals surface area contributed by atoms with Gasteiger partial charge < -0.3 is 5.32 Å². The molecule has 1 atom stereocenters. The van der Waals surface area contributed by atoms with Crippen LogP contribution in [0.4, 0.5) is 0 Å². The van der Waals surface area contributed by atoms with Gasteiger partial charge in [-0.1, -0.05) is 6.92 Å². The molecule has 1 aromatic rings. The average molecular weight is 354 g/mol. The second-order valence-electron chi connectivity index (χ2n) is 4.90. The predicted octanol–water partition coefficient (Wildman–Crippen LogP) is 3.37. The van der Waals surface area contributed by atoms with Crippen LogP contribution in [0.25, 0.3) is 0 Å². The van der Waals surface area contributed by atoms with Gasteiger partial charge in [-0.2, -0.15) is 0 Å². The number of thiophene rings is 1. The average Bonchev–Trinajstić information content (AvgIpc) is 2.63. The number of hydrogen-bond donors (Lipinski definition) is 1. The van der Waals surface area contributed by atoms with Gasteiger partial charge in [0.05, 0.1) is 14.6 Å². The summed E-state index contributed by atoms with van der Waals surface area (Å²) in [5.74, 6) is 0. The maximum absolute atomic E-state index is 12.0. The first-order valence-corrected chi connectivity index (χ1v) is 9.38. The van der Waals surface area contributed by atoms with Crippen LogP contribution in [-0.4, -0.2) is 26.0 Å². The summed E-state index contributed by atoms with van der Waals surface area (Å²) in [5, 5.41) is 3.36. The van der Waals surface area contributed by atoms with Crippen molar-refractivity contribution in [2.75, 3.05) is 12.8 Å². The highest BCUT2D eigenvalue weighted by molar-refractivity contribution is 9.11. The van der Waals surface area contributed by atoms with Crippen molar-refractivity contribution in [3.8, 4) is 0 Å². The fraction of sp³-hybridized carbons (Fsp3) is 0.667. The topological polar surface area (TPSA) is 46.2 Å².